The first-order valence-electron chi connectivity index (χ1n) is 3.32. The molecule has 1 aromatic rings. The van der Waals surface area contributed by atoms with Crippen molar-refractivity contribution in [2.45, 2.75) is 11.3 Å². The molecule has 0 spiro atoms. The molecule has 0 aliphatic carbocycles. The molecule has 0 saturated heterocycles. The summed E-state index contributed by atoms with van der Waals surface area (Å²) in [6, 6.07) is 0.907. The van der Waals surface area contributed by atoms with Gasteiger partial charge in [-0.15, -0.1) is 0 Å². The van der Waals surface area contributed by atoms with Gasteiger partial charge in [-0.2, -0.15) is 0 Å². The van der Waals surface area contributed by atoms with Crippen LogP contribution in [0.1, 0.15) is 12.1 Å². The number of halogens is 5. The summed E-state index contributed by atoms with van der Waals surface area (Å²) in [6.45, 7) is 0. The molecule has 0 aromatic carbocycles. The summed E-state index contributed by atoms with van der Waals surface area (Å²) in [4.78, 5) is 3.01. The van der Waals surface area contributed by atoms with Crippen molar-refractivity contribution in [2.24, 2.45) is 0 Å². The number of hydrogen-bond donors (Lipinski definition) is 0. The summed E-state index contributed by atoms with van der Waals surface area (Å²) in [5.74, 6) is 0. The van der Waals surface area contributed by atoms with Crippen molar-refractivity contribution in [2.75, 3.05) is 0 Å². The minimum atomic E-state index is -4.04. The molecule has 0 atom stereocenters. The van der Waals surface area contributed by atoms with E-state index in [-0.39, 0.29) is 14.0 Å². The molecule has 1 heterocycles. The fourth-order valence-electron chi connectivity index (χ4n) is 0.819. The molecule has 0 N–H and O–H groups in total. The minimum Gasteiger partial charge on any atom is -0.238 e. The van der Waals surface area contributed by atoms with Crippen molar-refractivity contribution in [1.82, 2.24) is 4.98 Å². The van der Waals surface area contributed by atoms with Gasteiger partial charge in [0.1, 0.15) is 15.2 Å². The van der Waals surface area contributed by atoms with Gasteiger partial charge in [-0.3, -0.25) is 0 Å². The van der Waals surface area contributed by atoms with E-state index >= 15 is 0 Å². The summed E-state index contributed by atoms with van der Waals surface area (Å²) in [5.41, 5.74) is -0.544. The summed E-state index contributed by atoms with van der Waals surface area (Å²) in [7, 11) is 1.05. The number of aromatic nitrogens is 1. The molecule has 0 unspecified atom stereocenters. The van der Waals surface area contributed by atoms with E-state index in [0.717, 1.165) is 6.07 Å². The Hall–Kier alpha value is 0.210. The monoisotopic (exact) mass is 383 g/mol. The molecule has 15 heavy (non-hydrogen) atoms. The van der Waals surface area contributed by atoms with Crippen LogP contribution in [0.3, 0.4) is 0 Å². The van der Waals surface area contributed by atoms with Crippen LogP contribution < -0.4 is 0 Å². The van der Waals surface area contributed by atoms with Crippen molar-refractivity contribution in [3.05, 3.63) is 20.8 Å². The SMILES string of the molecule is O=S(=O)(Cl)c1c(Br)cc(C(F)F)nc1Br. The molecule has 0 bridgehead atoms. The van der Waals surface area contributed by atoms with E-state index in [1.54, 1.807) is 0 Å². The summed E-state index contributed by atoms with van der Waals surface area (Å²) < 4.78 is 46.3. The quantitative estimate of drug-likeness (QED) is 0.579. The zero-order valence-electron chi connectivity index (χ0n) is 6.72. The number of hydrogen-bond acceptors (Lipinski definition) is 3. The first-order chi connectivity index (χ1) is 6.73. The fourth-order valence-corrected chi connectivity index (χ4v) is 4.77. The standard InChI is InChI=1S/C6H2Br2ClF2NO2S/c7-2-1-3(6(10)11)12-5(8)4(2)15(9,13)14/h1,6H. The van der Waals surface area contributed by atoms with E-state index in [2.05, 4.69) is 36.8 Å². The number of rotatable bonds is 2. The molecule has 9 heteroatoms. The Morgan fingerprint density at radius 1 is 1.40 bits per heavy atom. The van der Waals surface area contributed by atoms with Gasteiger partial charge in [0.15, 0.2) is 0 Å². The molecule has 1 rings (SSSR count). The Kier molecular flexibility index (Phi) is 4.07. The predicted octanol–water partition coefficient (Wildman–Crippen LogP) is 3.47. The second-order valence-electron chi connectivity index (χ2n) is 2.39. The third kappa shape index (κ3) is 3.08. The Morgan fingerprint density at radius 3 is 2.27 bits per heavy atom. The van der Waals surface area contributed by atoms with Crippen molar-refractivity contribution < 1.29 is 17.2 Å². The number of nitrogens with zero attached hydrogens (tertiary/aromatic N) is 1. The first kappa shape index (κ1) is 13.3. The highest BCUT2D eigenvalue weighted by atomic mass is 79.9. The highest BCUT2D eigenvalue weighted by molar-refractivity contribution is 9.11. The zero-order chi connectivity index (χ0) is 11.8. The Balaban J connectivity index is 3.48. The highest BCUT2D eigenvalue weighted by Crippen LogP contribution is 2.33. The molecule has 0 fully saturated rings. The van der Waals surface area contributed by atoms with Crippen LogP contribution in [0.5, 0.6) is 0 Å². The Morgan fingerprint density at radius 2 is 1.93 bits per heavy atom. The molecule has 0 radical (unpaired) electrons. The lowest BCUT2D eigenvalue weighted by Gasteiger charge is -2.05. The van der Waals surface area contributed by atoms with Crippen LogP contribution >= 0.6 is 42.5 Å². The summed E-state index contributed by atoms with van der Waals surface area (Å²) in [5, 5.41) is 0. The average Bonchev–Trinajstić information content (AvgIpc) is 1.99. The second-order valence-corrected chi connectivity index (χ2v) is 6.50. The zero-order valence-corrected chi connectivity index (χ0v) is 11.5. The number of pyridine rings is 1. The van der Waals surface area contributed by atoms with Gasteiger partial charge in [0.2, 0.25) is 0 Å². The third-order valence-corrected chi connectivity index (χ3v) is 4.46. The average molecular weight is 385 g/mol. The Bertz CT molecular complexity index is 471. The van der Waals surface area contributed by atoms with Gasteiger partial charge in [0.05, 0.1) is 0 Å². The lowest BCUT2D eigenvalue weighted by Crippen LogP contribution is -2.00. The van der Waals surface area contributed by atoms with Gasteiger partial charge in [-0.25, -0.2) is 22.2 Å². The van der Waals surface area contributed by atoms with Gasteiger partial charge in [0, 0.05) is 15.2 Å². The van der Waals surface area contributed by atoms with Crippen molar-refractivity contribution in [3.8, 4) is 0 Å². The van der Waals surface area contributed by atoms with Gasteiger partial charge >= 0.3 is 0 Å². The van der Waals surface area contributed by atoms with Crippen LogP contribution in [0.2, 0.25) is 0 Å². The molecule has 0 aliphatic heterocycles. The van der Waals surface area contributed by atoms with Crippen molar-refractivity contribution in [3.63, 3.8) is 0 Å². The maximum atomic E-state index is 12.3. The topological polar surface area (TPSA) is 47.0 Å². The Labute approximate surface area is 106 Å². The van der Waals surface area contributed by atoms with Crippen molar-refractivity contribution >= 4 is 51.6 Å². The van der Waals surface area contributed by atoms with E-state index in [9.17, 15) is 17.2 Å². The molecule has 0 amide bonds. The van der Waals surface area contributed by atoms with Crippen LogP contribution in [-0.2, 0) is 9.05 Å². The smallest absolute Gasteiger partial charge is 0.238 e. The van der Waals surface area contributed by atoms with Crippen LogP contribution in [0, 0.1) is 0 Å². The van der Waals surface area contributed by atoms with E-state index in [0.29, 0.717) is 0 Å². The summed E-state index contributed by atoms with van der Waals surface area (Å²) in [6.07, 6.45) is -2.79. The molecule has 3 nitrogen and oxygen atoms in total. The largest absolute Gasteiger partial charge is 0.280 e. The van der Waals surface area contributed by atoms with E-state index in [4.69, 9.17) is 10.7 Å². The maximum Gasteiger partial charge on any atom is 0.280 e. The van der Waals surface area contributed by atoms with E-state index < -0.39 is 21.2 Å². The van der Waals surface area contributed by atoms with E-state index in [1.165, 1.54) is 0 Å². The lowest BCUT2D eigenvalue weighted by atomic mass is 10.4. The molecule has 84 valence electrons. The first-order valence-corrected chi connectivity index (χ1v) is 7.21. The van der Waals surface area contributed by atoms with Crippen LogP contribution in [0.25, 0.3) is 0 Å². The fraction of sp³-hybridized carbons (Fsp3) is 0.167. The number of alkyl halides is 2. The molecule has 0 saturated carbocycles. The van der Waals surface area contributed by atoms with Crippen LogP contribution in [0.4, 0.5) is 8.78 Å². The molecule has 0 aliphatic rings. The maximum absolute atomic E-state index is 12.3. The van der Waals surface area contributed by atoms with Gasteiger partial charge in [0.25, 0.3) is 15.5 Å². The van der Waals surface area contributed by atoms with Crippen molar-refractivity contribution in [1.29, 1.82) is 0 Å². The molecule has 1 aromatic heterocycles. The van der Waals surface area contributed by atoms with Gasteiger partial charge in [-0.05, 0) is 37.9 Å². The highest BCUT2D eigenvalue weighted by Gasteiger charge is 2.22. The van der Waals surface area contributed by atoms with E-state index in [1.807, 2.05) is 0 Å². The predicted molar refractivity (Wildman–Crippen MR) is 57.6 cm³/mol. The van der Waals surface area contributed by atoms with Crippen LogP contribution in [-0.4, -0.2) is 13.4 Å². The second kappa shape index (κ2) is 4.60. The van der Waals surface area contributed by atoms with Gasteiger partial charge in [-0.1, -0.05) is 0 Å². The van der Waals surface area contributed by atoms with Gasteiger partial charge < -0.3 is 0 Å². The normalized spacial score (nSPS) is 12.1. The molecular formula is C6H2Br2ClF2NO2S. The third-order valence-electron chi connectivity index (χ3n) is 1.37. The molecular weight excluding hydrogens is 383 g/mol. The summed E-state index contributed by atoms with van der Waals surface area (Å²) >= 11 is 5.60. The lowest BCUT2D eigenvalue weighted by molar-refractivity contribution is 0.145. The minimum absolute atomic E-state index is 0.0605. The van der Waals surface area contributed by atoms with Crippen LogP contribution in [0.15, 0.2) is 20.0 Å².